The predicted octanol–water partition coefficient (Wildman–Crippen LogP) is 2.35. The third-order valence-electron chi connectivity index (χ3n) is 3.53. The highest BCUT2D eigenvalue weighted by Crippen LogP contribution is 2.20. The lowest BCUT2D eigenvalue weighted by atomic mass is 10.2. The van der Waals surface area contributed by atoms with Crippen molar-refractivity contribution in [1.29, 1.82) is 0 Å². The van der Waals surface area contributed by atoms with Crippen molar-refractivity contribution in [3.8, 4) is 0 Å². The zero-order valence-electron chi connectivity index (χ0n) is 12.0. The Balaban J connectivity index is 1.51. The molecule has 22 heavy (non-hydrogen) atoms. The number of carbonyl (C=O) groups excluding carboxylic acids is 2. The number of benzene rings is 1. The highest BCUT2D eigenvalue weighted by atomic mass is 32.1. The highest BCUT2D eigenvalue weighted by molar-refractivity contribution is 7.09. The molecule has 1 aliphatic rings. The van der Waals surface area contributed by atoms with Crippen LogP contribution in [-0.2, 0) is 11.3 Å². The molecule has 1 aromatic carbocycles. The molecule has 0 radical (unpaired) electrons. The largest absolute Gasteiger partial charge is 0.333 e. The molecule has 114 valence electrons. The van der Waals surface area contributed by atoms with Gasteiger partial charge < -0.3 is 15.5 Å². The van der Waals surface area contributed by atoms with E-state index in [0.717, 1.165) is 10.6 Å². The van der Waals surface area contributed by atoms with Gasteiger partial charge in [0.05, 0.1) is 12.6 Å². The zero-order valence-corrected chi connectivity index (χ0v) is 12.8. The number of carbonyl (C=O) groups is 2. The Kier molecular flexibility index (Phi) is 4.39. The lowest BCUT2D eigenvalue weighted by Gasteiger charge is -2.17. The van der Waals surface area contributed by atoms with Crippen LogP contribution in [0, 0.1) is 0 Å². The van der Waals surface area contributed by atoms with Gasteiger partial charge in [0.25, 0.3) is 0 Å². The molecule has 0 bridgehead atoms. The molecule has 0 spiro atoms. The van der Waals surface area contributed by atoms with E-state index in [-0.39, 0.29) is 18.0 Å². The summed E-state index contributed by atoms with van der Waals surface area (Å²) in [7, 11) is 0. The van der Waals surface area contributed by atoms with Gasteiger partial charge in [-0.3, -0.25) is 4.79 Å². The minimum atomic E-state index is -0.235. The van der Waals surface area contributed by atoms with Crippen LogP contribution in [0.25, 0.3) is 0 Å². The maximum atomic E-state index is 12.1. The number of thiophene rings is 1. The molecule has 6 heteroatoms. The Bertz CT molecular complexity index is 643. The number of anilines is 1. The lowest BCUT2D eigenvalue weighted by Crippen LogP contribution is -2.43. The van der Waals surface area contributed by atoms with E-state index < -0.39 is 0 Å². The normalized spacial score (nSPS) is 17.5. The van der Waals surface area contributed by atoms with Gasteiger partial charge in [0, 0.05) is 23.5 Å². The van der Waals surface area contributed by atoms with E-state index in [1.54, 1.807) is 16.2 Å². The first-order chi connectivity index (χ1) is 10.7. The molecular formula is C16H17N3O2S. The second-order valence-electron chi connectivity index (χ2n) is 5.15. The number of hydrogen-bond acceptors (Lipinski definition) is 3. The molecule has 0 unspecified atom stereocenters. The van der Waals surface area contributed by atoms with E-state index in [2.05, 4.69) is 10.6 Å². The Morgan fingerprint density at radius 3 is 2.77 bits per heavy atom. The molecular weight excluding hydrogens is 298 g/mol. The molecule has 1 atom stereocenters. The van der Waals surface area contributed by atoms with E-state index >= 15 is 0 Å². The van der Waals surface area contributed by atoms with Crippen molar-refractivity contribution in [3.63, 3.8) is 0 Å². The maximum Gasteiger partial charge on any atom is 0.315 e. The van der Waals surface area contributed by atoms with Crippen molar-refractivity contribution in [2.45, 2.75) is 19.0 Å². The van der Waals surface area contributed by atoms with Gasteiger partial charge in [-0.25, -0.2) is 4.79 Å². The highest BCUT2D eigenvalue weighted by Gasteiger charge is 2.31. The van der Waals surface area contributed by atoms with Gasteiger partial charge in [-0.2, -0.15) is 0 Å². The predicted molar refractivity (Wildman–Crippen MR) is 86.9 cm³/mol. The van der Waals surface area contributed by atoms with Crippen LogP contribution in [0.15, 0.2) is 47.8 Å². The van der Waals surface area contributed by atoms with Crippen LogP contribution in [0.1, 0.15) is 11.3 Å². The van der Waals surface area contributed by atoms with E-state index in [4.69, 9.17) is 0 Å². The van der Waals surface area contributed by atoms with Crippen LogP contribution in [0.2, 0.25) is 0 Å². The molecule has 0 aliphatic carbocycles. The number of nitrogens with zero attached hydrogens (tertiary/aromatic N) is 1. The van der Waals surface area contributed by atoms with E-state index in [1.807, 2.05) is 47.8 Å². The molecule has 1 aliphatic heterocycles. The molecule has 1 saturated heterocycles. The molecule has 3 rings (SSSR count). The van der Waals surface area contributed by atoms with Gasteiger partial charge in [0.2, 0.25) is 5.91 Å². The van der Waals surface area contributed by atoms with E-state index in [9.17, 15) is 9.59 Å². The summed E-state index contributed by atoms with van der Waals surface area (Å²) in [6.07, 6.45) is 0.335. The van der Waals surface area contributed by atoms with Crippen molar-refractivity contribution < 1.29 is 9.59 Å². The maximum absolute atomic E-state index is 12.1. The van der Waals surface area contributed by atoms with Crippen LogP contribution in [0.4, 0.5) is 10.5 Å². The zero-order chi connectivity index (χ0) is 15.4. The summed E-state index contributed by atoms with van der Waals surface area (Å²) in [6, 6.07) is 13.0. The smallest absolute Gasteiger partial charge is 0.315 e. The summed E-state index contributed by atoms with van der Waals surface area (Å²) in [5, 5.41) is 7.65. The first kappa shape index (κ1) is 14.6. The molecule has 0 saturated carbocycles. The Hall–Kier alpha value is -2.34. The average Bonchev–Trinajstić information content (AvgIpc) is 3.16. The molecule has 2 aromatic rings. The lowest BCUT2D eigenvalue weighted by molar-refractivity contribution is -0.117. The molecule has 1 fully saturated rings. The minimum Gasteiger partial charge on any atom is -0.333 e. The Morgan fingerprint density at radius 2 is 2.05 bits per heavy atom. The van der Waals surface area contributed by atoms with Crippen molar-refractivity contribution in [3.05, 3.63) is 52.7 Å². The van der Waals surface area contributed by atoms with Crippen molar-refractivity contribution in [2.24, 2.45) is 0 Å². The standard InChI is InChI=1S/C16H17N3O2S/c20-15-9-12(11-19(15)13-5-2-1-3-6-13)18-16(21)17-10-14-7-4-8-22-14/h1-8,12H,9-11H2,(H2,17,18,21)/t12-/m0/s1. The van der Waals surface area contributed by atoms with E-state index in [1.165, 1.54) is 0 Å². The minimum absolute atomic E-state index is 0.0368. The van der Waals surface area contributed by atoms with Gasteiger partial charge in [-0.1, -0.05) is 24.3 Å². The Morgan fingerprint density at radius 1 is 1.23 bits per heavy atom. The summed E-state index contributed by atoms with van der Waals surface area (Å²) in [5.41, 5.74) is 0.871. The van der Waals surface area contributed by atoms with Crippen molar-refractivity contribution in [1.82, 2.24) is 10.6 Å². The number of nitrogens with one attached hydrogen (secondary N) is 2. The number of urea groups is 1. The fourth-order valence-corrected chi connectivity index (χ4v) is 3.12. The second-order valence-corrected chi connectivity index (χ2v) is 6.18. The SMILES string of the molecule is O=C(NCc1cccs1)N[C@H]1CC(=O)N(c2ccccc2)C1. The molecule has 3 amide bonds. The quantitative estimate of drug-likeness (QED) is 0.910. The van der Waals surface area contributed by atoms with Crippen molar-refractivity contribution >= 4 is 29.0 Å². The molecule has 2 N–H and O–H groups in total. The number of para-hydroxylation sites is 1. The van der Waals surface area contributed by atoms with Gasteiger partial charge in [0.15, 0.2) is 0 Å². The number of hydrogen-bond donors (Lipinski definition) is 2. The third kappa shape index (κ3) is 3.46. The van der Waals surface area contributed by atoms with Crippen LogP contribution < -0.4 is 15.5 Å². The van der Waals surface area contributed by atoms with E-state index in [0.29, 0.717) is 19.5 Å². The molecule has 2 heterocycles. The van der Waals surface area contributed by atoms with Gasteiger partial charge in [-0.15, -0.1) is 11.3 Å². The monoisotopic (exact) mass is 315 g/mol. The van der Waals surface area contributed by atoms with Crippen LogP contribution in [0.3, 0.4) is 0 Å². The summed E-state index contributed by atoms with van der Waals surface area (Å²) < 4.78 is 0. The molecule has 5 nitrogen and oxygen atoms in total. The fourth-order valence-electron chi connectivity index (χ4n) is 2.48. The second kappa shape index (κ2) is 6.62. The average molecular weight is 315 g/mol. The van der Waals surface area contributed by atoms with Gasteiger partial charge in [-0.05, 0) is 23.6 Å². The van der Waals surface area contributed by atoms with Crippen LogP contribution in [-0.4, -0.2) is 24.5 Å². The first-order valence-corrected chi connectivity index (χ1v) is 8.02. The topological polar surface area (TPSA) is 61.4 Å². The number of rotatable bonds is 4. The fraction of sp³-hybridized carbons (Fsp3) is 0.250. The van der Waals surface area contributed by atoms with Gasteiger partial charge in [0.1, 0.15) is 0 Å². The Labute approximate surface area is 132 Å². The summed E-state index contributed by atoms with van der Waals surface area (Å²) in [5.74, 6) is 0.0368. The summed E-state index contributed by atoms with van der Waals surface area (Å²) in [4.78, 5) is 26.8. The molecule has 1 aromatic heterocycles. The third-order valence-corrected chi connectivity index (χ3v) is 4.41. The number of amides is 3. The first-order valence-electron chi connectivity index (χ1n) is 7.14. The van der Waals surface area contributed by atoms with Gasteiger partial charge >= 0.3 is 6.03 Å². The summed E-state index contributed by atoms with van der Waals surface area (Å²) >= 11 is 1.60. The summed E-state index contributed by atoms with van der Waals surface area (Å²) in [6.45, 7) is 1.02. The van der Waals surface area contributed by atoms with Crippen LogP contribution in [0.5, 0.6) is 0 Å². The van der Waals surface area contributed by atoms with Crippen LogP contribution >= 0.6 is 11.3 Å². The van der Waals surface area contributed by atoms with Crippen molar-refractivity contribution in [2.75, 3.05) is 11.4 Å².